The average Bonchev–Trinajstić information content (AvgIpc) is 2.48. The zero-order valence-electron chi connectivity index (χ0n) is 13.0. The third-order valence-electron chi connectivity index (χ3n) is 2.91. The quantitative estimate of drug-likeness (QED) is 0.281. The number of benzene rings is 1. The van der Waals surface area contributed by atoms with Crippen LogP contribution < -0.4 is 10.6 Å². The first-order valence-corrected chi connectivity index (χ1v) is 7.52. The van der Waals surface area contributed by atoms with Crippen LogP contribution in [0.15, 0.2) is 23.2 Å². The molecule has 4 nitrogen and oxygen atoms in total. The fourth-order valence-electron chi connectivity index (χ4n) is 1.82. The van der Waals surface area contributed by atoms with E-state index in [1.165, 1.54) is 6.07 Å². The largest absolute Gasteiger partial charge is 0.382 e. The van der Waals surface area contributed by atoms with Crippen molar-refractivity contribution in [3.05, 3.63) is 34.6 Å². The lowest BCUT2D eigenvalue weighted by atomic mass is 10.1. The van der Waals surface area contributed by atoms with Crippen LogP contribution in [-0.2, 0) is 11.2 Å². The summed E-state index contributed by atoms with van der Waals surface area (Å²) in [4.78, 5) is 4.11. The Morgan fingerprint density at radius 2 is 2.05 bits per heavy atom. The summed E-state index contributed by atoms with van der Waals surface area (Å²) in [6.45, 7) is 4.77. The van der Waals surface area contributed by atoms with Gasteiger partial charge in [0, 0.05) is 43.9 Å². The zero-order valence-corrected chi connectivity index (χ0v) is 16.1. The standard InChI is InChI=1S/C15H23ClFN3O.HI/c1-3-21-11-5-9-19-15(18-2)20-10-8-12-13(16)6-4-7-14(12)17;/h4,6-7H,3,5,8-11H2,1-2H3,(H2,18,19,20);1H. The van der Waals surface area contributed by atoms with Gasteiger partial charge in [-0.05, 0) is 31.9 Å². The van der Waals surface area contributed by atoms with E-state index in [9.17, 15) is 4.39 Å². The number of hydrogen-bond acceptors (Lipinski definition) is 2. The fraction of sp³-hybridized carbons (Fsp3) is 0.533. The van der Waals surface area contributed by atoms with Crippen LogP contribution in [0.2, 0.25) is 5.02 Å². The lowest BCUT2D eigenvalue weighted by Crippen LogP contribution is -2.39. The maximum atomic E-state index is 13.6. The second kappa shape index (κ2) is 12.9. The van der Waals surface area contributed by atoms with Gasteiger partial charge >= 0.3 is 0 Å². The Labute approximate surface area is 153 Å². The monoisotopic (exact) mass is 443 g/mol. The molecule has 0 spiro atoms. The molecule has 2 N–H and O–H groups in total. The van der Waals surface area contributed by atoms with E-state index in [1.807, 2.05) is 6.92 Å². The van der Waals surface area contributed by atoms with E-state index in [0.29, 0.717) is 29.5 Å². The third-order valence-corrected chi connectivity index (χ3v) is 3.27. The Morgan fingerprint density at radius 3 is 2.68 bits per heavy atom. The number of halogens is 3. The number of aliphatic imine (C=N–C) groups is 1. The van der Waals surface area contributed by atoms with Crippen molar-refractivity contribution in [3.8, 4) is 0 Å². The Bertz CT molecular complexity index is 440. The molecule has 7 heteroatoms. The first-order valence-electron chi connectivity index (χ1n) is 7.14. The molecular formula is C15H24ClFIN3O. The summed E-state index contributed by atoms with van der Waals surface area (Å²) in [6, 6.07) is 4.72. The van der Waals surface area contributed by atoms with Crippen LogP contribution in [-0.4, -0.2) is 39.3 Å². The van der Waals surface area contributed by atoms with Gasteiger partial charge in [0.2, 0.25) is 0 Å². The molecule has 0 aromatic heterocycles. The van der Waals surface area contributed by atoms with E-state index >= 15 is 0 Å². The van der Waals surface area contributed by atoms with Crippen LogP contribution in [0.25, 0.3) is 0 Å². The molecule has 0 fully saturated rings. The molecule has 0 amide bonds. The fourth-order valence-corrected chi connectivity index (χ4v) is 2.08. The lowest BCUT2D eigenvalue weighted by Gasteiger charge is -2.12. The molecule has 0 aliphatic carbocycles. The molecule has 126 valence electrons. The maximum Gasteiger partial charge on any atom is 0.190 e. The first-order chi connectivity index (χ1) is 10.2. The molecule has 0 radical (unpaired) electrons. The van der Waals surface area contributed by atoms with Crippen molar-refractivity contribution in [1.29, 1.82) is 0 Å². The lowest BCUT2D eigenvalue weighted by molar-refractivity contribution is 0.145. The number of guanidine groups is 1. The van der Waals surface area contributed by atoms with Crippen molar-refractivity contribution in [3.63, 3.8) is 0 Å². The van der Waals surface area contributed by atoms with Crippen molar-refractivity contribution in [2.75, 3.05) is 33.4 Å². The van der Waals surface area contributed by atoms with Crippen LogP contribution in [0.1, 0.15) is 18.9 Å². The second-order valence-electron chi connectivity index (χ2n) is 4.43. The summed E-state index contributed by atoms with van der Waals surface area (Å²) < 4.78 is 18.9. The highest BCUT2D eigenvalue weighted by Crippen LogP contribution is 2.18. The second-order valence-corrected chi connectivity index (χ2v) is 4.83. The number of hydrogen-bond donors (Lipinski definition) is 2. The highest BCUT2D eigenvalue weighted by atomic mass is 127. The summed E-state index contributed by atoms with van der Waals surface area (Å²) in [5.74, 6) is 0.419. The van der Waals surface area contributed by atoms with Gasteiger partial charge in [-0.1, -0.05) is 17.7 Å². The van der Waals surface area contributed by atoms with Gasteiger partial charge in [-0.3, -0.25) is 4.99 Å². The van der Waals surface area contributed by atoms with E-state index in [2.05, 4.69) is 15.6 Å². The van der Waals surface area contributed by atoms with Gasteiger partial charge in [-0.2, -0.15) is 0 Å². The van der Waals surface area contributed by atoms with Crippen LogP contribution >= 0.6 is 35.6 Å². The van der Waals surface area contributed by atoms with Crippen LogP contribution in [0.5, 0.6) is 0 Å². The molecule has 0 aliphatic heterocycles. The van der Waals surface area contributed by atoms with Crippen molar-refractivity contribution >= 4 is 41.5 Å². The highest BCUT2D eigenvalue weighted by molar-refractivity contribution is 14.0. The smallest absolute Gasteiger partial charge is 0.190 e. The molecule has 0 unspecified atom stereocenters. The first kappa shape index (κ1) is 21.4. The van der Waals surface area contributed by atoms with Crippen molar-refractivity contribution in [2.24, 2.45) is 4.99 Å². The normalized spacial score (nSPS) is 11.0. The molecule has 0 saturated carbocycles. The Kier molecular flexibility index (Phi) is 12.5. The SMILES string of the molecule is CCOCCCNC(=NC)NCCc1c(F)cccc1Cl.I. The van der Waals surface area contributed by atoms with Gasteiger partial charge < -0.3 is 15.4 Å². The molecule has 0 saturated heterocycles. The van der Waals surface area contributed by atoms with Crippen molar-refractivity contribution < 1.29 is 9.13 Å². The average molecular weight is 444 g/mol. The maximum absolute atomic E-state index is 13.6. The van der Waals surface area contributed by atoms with E-state index in [1.54, 1.807) is 19.2 Å². The summed E-state index contributed by atoms with van der Waals surface area (Å²) in [5.41, 5.74) is 0.526. The Balaban J connectivity index is 0.00000441. The van der Waals surface area contributed by atoms with Gasteiger partial charge in [0.25, 0.3) is 0 Å². The predicted molar refractivity (Wildman–Crippen MR) is 101 cm³/mol. The van der Waals surface area contributed by atoms with E-state index in [-0.39, 0.29) is 29.8 Å². The predicted octanol–water partition coefficient (Wildman–Crippen LogP) is 3.23. The third kappa shape index (κ3) is 8.14. The van der Waals surface area contributed by atoms with Gasteiger partial charge in [0.1, 0.15) is 5.82 Å². The van der Waals surface area contributed by atoms with Crippen molar-refractivity contribution in [1.82, 2.24) is 10.6 Å². The van der Waals surface area contributed by atoms with Crippen LogP contribution in [0, 0.1) is 5.82 Å². The topological polar surface area (TPSA) is 45.6 Å². The molecular weight excluding hydrogens is 420 g/mol. The molecule has 0 aliphatic rings. The highest BCUT2D eigenvalue weighted by Gasteiger charge is 2.06. The molecule has 1 aromatic carbocycles. The van der Waals surface area contributed by atoms with Gasteiger partial charge in [0.15, 0.2) is 5.96 Å². The molecule has 1 aromatic rings. The molecule has 0 bridgehead atoms. The number of nitrogens with one attached hydrogen (secondary N) is 2. The molecule has 0 heterocycles. The minimum Gasteiger partial charge on any atom is -0.382 e. The summed E-state index contributed by atoms with van der Waals surface area (Å²) in [6.07, 6.45) is 1.42. The number of rotatable bonds is 8. The van der Waals surface area contributed by atoms with E-state index < -0.39 is 0 Å². The summed E-state index contributed by atoms with van der Waals surface area (Å²) in [7, 11) is 1.70. The summed E-state index contributed by atoms with van der Waals surface area (Å²) >= 11 is 5.98. The molecule has 1 rings (SSSR count). The van der Waals surface area contributed by atoms with Crippen molar-refractivity contribution in [2.45, 2.75) is 19.8 Å². The van der Waals surface area contributed by atoms with Gasteiger partial charge in [0.05, 0.1) is 0 Å². The molecule has 0 atom stereocenters. The van der Waals surface area contributed by atoms with Gasteiger partial charge in [-0.25, -0.2) is 4.39 Å². The Hall–Kier alpha value is -0.600. The van der Waals surface area contributed by atoms with Crippen LogP contribution in [0.3, 0.4) is 0 Å². The zero-order chi connectivity index (χ0) is 15.5. The minimum atomic E-state index is -0.274. The van der Waals surface area contributed by atoms with Gasteiger partial charge in [-0.15, -0.1) is 24.0 Å². The summed E-state index contributed by atoms with van der Waals surface area (Å²) in [5, 5.41) is 6.77. The van der Waals surface area contributed by atoms with E-state index in [0.717, 1.165) is 26.2 Å². The van der Waals surface area contributed by atoms with Crippen LogP contribution in [0.4, 0.5) is 4.39 Å². The number of ether oxygens (including phenoxy) is 1. The van der Waals surface area contributed by atoms with E-state index in [4.69, 9.17) is 16.3 Å². The number of nitrogens with zero attached hydrogens (tertiary/aromatic N) is 1. The minimum absolute atomic E-state index is 0. The Morgan fingerprint density at radius 1 is 1.32 bits per heavy atom. The molecule has 22 heavy (non-hydrogen) atoms.